The van der Waals surface area contributed by atoms with Crippen molar-refractivity contribution in [2.75, 3.05) is 18.0 Å². The standard InChI is InChI=1S/C17H27NO/c1-16(2,3)13-8-6-7-9-14(13)18-11-10-15(19)17(4,5)12-18/h6-9,15,19H,10-12H2,1-5H3. The monoisotopic (exact) mass is 261 g/mol. The van der Waals surface area contributed by atoms with Crippen LogP contribution in [0.25, 0.3) is 0 Å². The molecule has 1 saturated heterocycles. The maximum absolute atomic E-state index is 10.1. The number of rotatable bonds is 1. The van der Waals surface area contributed by atoms with Crippen molar-refractivity contribution in [2.45, 2.75) is 52.6 Å². The van der Waals surface area contributed by atoms with Crippen LogP contribution in [0.3, 0.4) is 0 Å². The molecule has 1 atom stereocenters. The molecule has 2 nitrogen and oxygen atoms in total. The summed E-state index contributed by atoms with van der Waals surface area (Å²) in [5.41, 5.74) is 2.83. The van der Waals surface area contributed by atoms with Gasteiger partial charge in [-0.25, -0.2) is 0 Å². The van der Waals surface area contributed by atoms with Crippen LogP contribution in [-0.4, -0.2) is 24.3 Å². The number of hydrogen-bond acceptors (Lipinski definition) is 2. The van der Waals surface area contributed by atoms with Crippen molar-refractivity contribution in [3.8, 4) is 0 Å². The van der Waals surface area contributed by atoms with Crippen molar-refractivity contribution >= 4 is 5.69 Å². The van der Waals surface area contributed by atoms with Gasteiger partial charge in [0.05, 0.1) is 6.10 Å². The first-order valence-corrected chi connectivity index (χ1v) is 7.24. The number of anilines is 1. The second-order valence-electron chi connectivity index (χ2n) is 7.48. The van der Waals surface area contributed by atoms with Crippen LogP contribution in [0.2, 0.25) is 0 Å². The van der Waals surface area contributed by atoms with E-state index in [-0.39, 0.29) is 16.9 Å². The normalized spacial score (nSPS) is 23.5. The molecule has 19 heavy (non-hydrogen) atoms. The van der Waals surface area contributed by atoms with Gasteiger partial charge in [0.1, 0.15) is 0 Å². The van der Waals surface area contributed by atoms with E-state index in [9.17, 15) is 5.11 Å². The number of piperidine rings is 1. The molecule has 1 aromatic carbocycles. The lowest BCUT2D eigenvalue weighted by molar-refractivity contribution is 0.0335. The van der Waals surface area contributed by atoms with Gasteiger partial charge in [-0.3, -0.25) is 0 Å². The molecule has 0 aromatic heterocycles. The molecule has 1 heterocycles. The van der Waals surface area contributed by atoms with Gasteiger partial charge < -0.3 is 10.0 Å². The smallest absolute Gasteiger partial charge is 0.0624 e. The highest BCUT2D eigenvalue weighted by Gasteiger charge is 2.35. The van der Waals surface area contributed by atoms with Crippen molar-refractivity contribution < 1.29 is 5.11 Å². The fourth-order valence-electron chi connectivity index (χ4n) is 2.93. The predicted octanol–water partition coefficient (Wildman–Crippen LogP) is 3.58. The highest BCUT2D eigenvalue weighted by Crippen LogP contribution is 2.37. The first-order chi connectivity index (χ1) is 8.72. The Bertz CT molecular complexity index is 445. The van der Waals surface area contributed by atoms with E-state index in [4.69, 9.17) is 0 Å². The number of aliphatic hydroxyl groups excluding tert-OH is 1. The summed E-state index contributed by atoms with van der Waals surface area (Å²) in [4.78, 5) is 2.44. The summed E-state index contributed by atoms with van der Waals surface area (Å²) in [5, 5.41) is 10.1. The van der Waals surface area contributed by atoms with E-state index in [2.05, 4.69) is 63.8 Å². The molecule has 1 aromatic rings. The van der Waals surface area contributed by atoms with Gasteiger partial charge in [-0.15, -0.1) is 0 Å². The average Bonchev–Trinajstić information content (AvgIpc) is 2.31. The molecule has 1 unspecified atom stereocenters. The first kappa shape index (κ1) is 14.4. The summed E-state index contributed by atoms with van der Waals surface area (Å²) < 4.78 is 0. The van der Waals surface area contributed by atoms with Gasteiger partial charge in [0.25, 0.3) is 0 Å². The molecule has 1 aliphatic rings. The Hall–Kier alpha value is -1.02. The zero-order valence-electron chi connectivity index (χ0n) is 12.9. The first-order valence-electron chi connectivity index (χ1n) is 7.24. The van der Waals surface area contributed by atoms with Crippen LogP contribution in [0, 0.1) is 5.41 Å². The summed E-state index contributed by atoms with van der Waals surface area (Å²) in [6, 6.07) is 8.68. The molecule has 2 rings (SSSR count). The lowest BCUT2D eigenvalue weighted by Gasteiger charge is -2.44. The third-order valence-electron chi connectivity index (χ3n) is 4.23. The Labute approximate surface area is 117 Å². The fourth-order valence-corrected chi connectivity index (χ4v) is 2.93. The van der Waals surface area contributed by atoms with E-state index in [1.54, 1.807) is 0 Å². The molecule has 1 aliphatic heterocycles. The largest absolute Gasteiger partial charge is 0.392 e. The third-order valence-corrected chi connectivity index (χ3v) is 4.23. The lowest BCUT2D eigenvalue weighted by atomic mass is 9.79. The minimum atomic E-state index is -0.189. The van der Waals surface area contributed by atoms with Crippen molar-refractivity contribution in [2.24, 2.45) is 5.41 Å². The second-order valence-corrected chi connectivity index (χ2v) is 7.48. The van der Waals surface area contributed by atoms with Crippen molar-refractivity contribution in [1.29, 1.82) is 0 Å². The molecule has 0 spiro atoms. The van der Waals surface area contributed by atoms with Crippen LogP contribution >= 0.6 is 0 Å². The Kier molecular flexibility index (Phi) is 3.65. The van der Waals surface area contributed by atoms with Crippen LogP contribution in [0.15, 0.2) is 24.3 Å². The van der Waals surface area contributed by atoms with E-state index < -0.39 is 0 Å². The Morgan fingerprint density at radius 2 is 1.84 bits per heavy atom. The fraction of sp³-hybridized carbons (Fsp3) is 0.647. The van der Waals surface area contributed by atoms with Crippen LogP contribution in [0.1, 0.15) is 46.6 Å². The van der Waals surface area contributed by atoms with Gasteiger partial charge in [0, 0.05) is 24.2 Å². The number of para-hydroxylation sites is 1. The quantitative estimate of drug-likeness (QED) is 0.835. The van der Waals surface area contributed by atoms with Crippen molar-refractivity contribution in [1.82, 2.24) is 0 Å². The summed E-state index contributed by atoms with van der Waals surface area (Å²) in [5.74, 6) is 0. The summed E-state index contributed by atoms with van der Waals surface area (Å²) >= 11 is 0. The van der Waals surface area contributed by atoms with Gasteiger partial charge in [-0.1, -0.05) is 52.8 Å². The van der Waals surface area contributed by atoms with E-state index >= 15 is 0 Å². The van der Waals surface area contributed by atoms with Crippen molar-refractivity contribution in [3.63, 3.8) is 0 Å². The average molecular weight is 261 g/mol. The van der Waals surface area contributed by atoms with E-state index in [1.165, 1.54) is 11.3 Å². The van der Waals surface area contributed by atoms with Crippen LogP contribution in [0.5, 0.6) is 0 Å². The van der Waals surface area contributed by atoms with E-state index in [0.717, 1.165) is 19.5 Å². The Morgan fingerprint density at radius 3 is 2.42 bits per heavy atom. The minimum absolute atomic E-state index is 0.0384. The number of aliphatic hydroxyl groups is 1. The van der Waals surface area contributed by atoms with Gasteiger partial charge >= 0.3 is 0 Å². The maximum atomic E-state index is 10.1. The van der Waals surface area contributed by atoms with E-state index in [1.807, 2.05) is 0 Å². The number of nitrogens with zero attached hydrogens (tertiary/aromatic N) is 1. The molecule has 2 heteroatoms. The molecule has 106 valence electrons. The molecule has 0 aliphatic carbocycles. The Morgan fingerprint density at radius 1 is 1.21 bits per heavy atom. The molecule has 0 bridgehead atoms. The molecule has 0 saturated carbocycles. The summed E-state index contributed by atoms with van der Waals surface area (Å²) in [7, 11) is 0. The van der Waals surface area contributed by atoms with Gasteiger partial charge in [-0.2, -0.15) is 0 Å². The topological polar surface area (TPSA) is 23.5 Å². The van der Waals surface area contributed by atoms with Crippen molar-refractivity contribution in [3.05, 3.63) is 29.8 Å². The molecule has 0 radical (unpaired) electrons. The molecular weight excluding hydrogens is 234 g/mol. The number of benzene rings is 1. The molecular formula is C17H27NO. The molecule has 1 fully saturated rings. The van der Waals surface area contributed by atoms with Crippen LogP contribution < -0.4 is 4.90 Å². The molecule has 1 N–H and O–H groups in total. The summed E-state index contributed by atoms with van der Waals surface area (Å²) in [6.45, 7) is 13.0. The molecule has 0 amide bonds. The van der Waals surface area contributed by atoms with Gasteiger partial charge in [-0.05, 0) is 23.5 Å². The zero-order chi connectivity index (χ0) is 14.3. The summed E-state index contributed by atoms with van der Waals surface area (Å²) in [6.07, 6.45) is 0.663. The minimum Gasteiger partial charge on any atom is -0.392 e. The highest BCUT2D eigenvalue weighted by molar-refractivity contribution is 5.57. The second kappa shape index (κ2) is 4.82. The van der Waals surface area contributed by atoms with Gasteiger partial charge in [0.2, 0.25) is 0 Å². The zero-order valence-corrected chi connectivity index (χ0v) is 12.9. The SMILES string of the molecule is CC(C)(C)c1ccccc1N1CCC(O)C(C)(C)C1. The van der Waals surface area contributed by atoms with Crippen LogP contribution in [-0.2, 0) is 5.41 Å². The Balaban J connectivity index is 2.33. The number of hydrogen-bond donors (Lipinski definition) is 1. The maximum Gasteiger partial charge on any atom is 0.0624 e. The van der Waals surface area contributed by atoms with Gasteiger partial charge in [0.15, 0.2) is 0 Å². The van der Waals surface area contributed by atoms with Crippen LogP contribution in [0.4, 0.5) is 5.69 Å². The highest BCUT2D eigenvalue weighted by atomic mass is 16.3. The van der Waals surface area contributed by atoms with E-state index in [0.29, 0.717) is 0 Å². The predicted molar refractivity (Wildman–Crippen MR) is 81.8 cm³/mol. The lowest BCUT2D eigenvalue weighted by Crippen LogP contribution is -2.49. The third kappa shape index (κ3) is 2.94.